The molecule has 5 N–H and O–H groups in total. The van der Waals surface area contributed by atoms with Gasteiger partial charge in [-0.25, -0.2) is 13.8 Å². The van der Waals surface area contributed by atoms with Crippen LogP contribution in [0.1, 0.15) is 18.5 Å². The fourth-order valence-electron chi connectivity index (χ4n) is 2.59. The average Bonchev–Trinajstić information content (AvgIpc) is 2.68. The van der Waals surface area contributed by atoms with Crippen LogP contribution in [0.15, 0.2) is 30.0 Å². The van der Waals surface area contributed by atoms with E-state index in [0.29, 0.717) is 6.34 Å². The maximum atomic E-state index is 13.7. The van der Waals surface area contributed by atoms with E-state index in [4.69, 9.17) is 21.0 Å². The smallest absolute Gasteiger partial charge is 0.268 e. The lowest BCUT2D eigenvalue weighted by Gasteiger charge is -2.42. The Morgan fingerprint density at radius 2 is 2.14 bits per heavy atom. The Balaban J connectivity index is 2.20. The summed E-state index contributed by atoms with van der Waals surface area (Å²) in [6.07, 6.45) is 1.84. The van der Waals surface area contributed by atoms with Crippen LogP contribution in [0, 0.1) is 16.2 Å². The Hall–Kier alpha value is -3.37. The second-order valence-corrected chi connectivity index (χ2v) is 5.94. The van der Waals surface area contributed by atoms with E-state index < -0.39 is 17.9 Å². The minimum absolute atomic E-state index is 0.0185. The molecule has 11 heteroatoms. The summed E-state index contributed by atoms with van der Waals surface area (Å²) in [5, 5.41) is 28.3. The fraction of sp³-hybridized carbons (Fsp3) is 0.353. The highest BCUT2D eigenvalue weighted by atomic mass is 19.3. The molecule has 0 bridgehead atoms. The largest absolute Gasteiger partial charge is 0.481 e. The standard InChI is InChI=1S/C17H21F2N7O2/c1-23-8-10(15(22)28-2)16(27)25-13-5-3-4-11(24-13)14(21)26(9-20)12-6-7-17(12,18)19/h3-5,8-9,12,20-23H,6-7H2,1-2H3,(H,24,25,27)/b10-8+,20-9?,21-14?,22-15?. The topological polar surface area (TPSA) is 138 Å². The highest BCUT2D eigenvalue weighted by Crippen LogP contribution is 2.41. The van der Waals surface area contributed by atoms with E-state index in [2.05, 4.69) is 15.6 Å². The van der Waals surface area contributed by atoms with Crippen LogP contribution >= 0.6 is 0 Å². The van der Waals surface area contributed by atoms with Gasteiger partial charge >= 0.3 is 0 Å². The highest BCUT2D eigenvalue weighted by Gasteiger charge is 2.52. The Morgan fingerprint density at radius 3 is 2.64 bits per heavy atom. The quantitative estimate of drug-likeness (QED) is 0.273. The SMILES string of the molecule is CN/C=C(\C(=N)OC)C(=O)Nc1cccc(C(=N)N(C=N)C2CCC2(F)F)n1. The average molecular weight is 393 g/mol. The van der Waals surface area contributed by atoms with Gasteiger partial charge in [-0.05, 0) is 18.6 Å². The first-order chi connectivity index (χ1) is 13.2. The zero-order valence-electron chi connectivity index (χ0n) is 15.3. The van der Waals surface area contributed by atoms with Gasteiger partial charge in [-0.3, -0.25) is 21.0 Å². The van der Waals surface area contributed by atoms with Gasteiger partial charge in [0.1, 0.15) is 23.1 Å². The van der Waals surface area contributed by atoms with Crippen molar-refractivity contribution in [1.82, 2.24) is 15.2 Å². The van der Waals surface area contributed by atoms with Gasteiger partial charge in [0.2, 0.25) is 5.90 Å². The van der Waals surface area contributed by atoms with E-state index >= 15 is 0 Å². The van der Waals surface area contributed by atoms with Crippen molar-refractivity contribution in [2.75, 3.05) is 19.5 Å². The van der Waals surface area contributed by atoms with Crippen molar-refractivity contribution in [1.29, 1.82) is 16.2 Å². The molecule has 0 aliphatic heterocycles. The van der Waals surface area contributed by atoms with E-state index in [0.717, 1.165) is 4.90 Å². The normalized spacial score (nSPS) is 17.7. The van der Waals surface area contributed by atoms with Crippen molar-refractivity contribution in [3.05, 3.63) is 35.7 Å². The Bertz CT molecular complexity index is 825. The molecule has 1 aromatic heterocycles. The number of nitrogens with one attached hydrogen (secondary N) is 5. The zero-order chi connectivity index (χ0) is 20.9. The summed E-state index contributed by atoms with van der Waals surface area (Å²) in [4.78, 5) is 17.3. The number of halogens is 2. The number of alkyl halides is 2. The monoisotopic (exact) mass is 393 g/mol. The Kier molecular flexibility index (Phi) is 6.39. The molecule has 0 aromatic carbocycles. The number of carbonyl (C=O) groups excluding carboxylic acids is 1. The van der Waals surface area contributed by atoms with E-state index in [1.54, 1.807) is 7.05 Å². The lowest BCUT2D eigenvalue weighted by atomic mass is 9.86. The molecular weight excluding hydrogens is 372 g/mol. The molecule has 1 aliphatic carbocycles. The van der Waals surface area contributed by atoms with Crippen molar-refractivity contribution in [2.45, 2.75) is 24.8 Å². The summed E-state index contributed by atoms with van der Waals surface area (Å²) in [5.74, 6) is -4.32. The van der Waals surface area contributed by atoms with Crippen LogP contribution in [0.4, 0.5) is 14.6 Å². The van der Waals surface area contributed by atoms with Gasteiger partial charge in [0.25, 0.3) is 11.8 Å². The van der Waals surface area contributed by atoms with Gasteiger partial charge < -0.3 is 20.3 Å². The molecular formula is C17H21F2N7O2. The second kappa shape index (κ2) is 8.55. The predicted molar refractivity (Wildman–Crippen MR) is 100 cm³/mol. The summed E-state index contributed by atoms with van der Waals surface area (Å²) in [5.41, 5.74) is -0.0625. The van der Waals surface area contributed by atoms with E-state index in [1.165, 1.54) is 31.5 Å². The predicted octanol–water partition coefficient (Wildman–Crippen LogP) is 1.78. The molecule has 1 aliphatic rings. The molecule has 28 heavy (non-hydrogen) atoms. The number of ether oxygens (including phenoxy) is 1. The molecule has 2 rings (SSSR count). The number of aromatic nitrogens is 1. The molecule has 9 nitrogen and oxygen atoms in total. The number of hydrogen-bond donors (Lipinski definition) is 5. The van der Waals surface area contributed by atoms with Crippen molar-refractivity contribution in [3.63, 3.8) is 0 Å². The molecule has 1 atom stereocenters. The third-order valence-corrected chi connectivity index (χ3v) is 4.19. The van der Waals surface area contributed by atoms with Crippen molar-refractivity contribution in [3.8, 4) is 0 Å². The lowest BCUT2D eigenvalue weighted by Crippen LogP contribution is -2.56. The first-order valence-corrected chi connectivity index (χ1v) is 8.29. The Morgan fingerprint density at radius 1 is 1.43 bits per heavy atom. The first-order valence-electron chi connectivity index (χ1n) is 8.29. The van der Waals surface area contributed by atoms with Gasteiger partial charge in [-0.1, -0.05) is 6.07 Å². The van der Waals surface area contributed by atoms with Crippen molar-refractivity contribution >= 4 is 29.8 Å². The van der Waals surface area contributed by atoms with Gasteiger partial charge in [0, 0.05) is 19.7 Å². The van der Waals surface area contributed by atoms with Gasteiger partial charge in [-0.15, -0.1) is 0 Å². The Labute approximate surface area is 160 Å². The number of pyridine rings is 1. The van der Waals surface area contributed by atoms with Crippen LogP contribution < -0.4 is 10.6 Å². The van der Waals surface area contributed by atoms with Crippen LogP contribution in [0.2, 0.25) is 0 Å². The summed E-state index contributed by atoms with van der Waals surface area (Å²) < 4.78 is 32.1. The maximum absolute atomic E-state index is 13.7. The number of amides is 1. The van der Waals surface area contributed by atoms with Crippen LogP contribution in [-0.2, 0) is 9.53 Å². The van der Waals surface area contributed by atoms with E-state index in [9.17, 15) is 13.6 Å². The van der Waals surface area contributed by atoms with Gasteiger partial charge in [-0.2, -0.15) is 0 Å². The number of carbonyl (C=O) groups is 1. The molecule has 0 saturated heterocycles. The molecule has 1 saturated carbocycles. The summed E-state index contributed by atoms with van der Waals surface area (Å²) in [6, 6.07) is 3.11. The van der Waals surface area contributed by atoms with Crippen LogP contribution in [0.5, 0.6) is 0 Å². The molecule has 1 fully saturated rings. The number of hydrogen-bond acceptors (Lipinski definition) is 7. The minimum atomic E-state index is -2.97. The number of anilines is 1. The molecule has 1 heterocycles. The minimum Gasteiger partial charge on any atom is -0.481 e. The molecule has 0 spiro atoms. The molecule has 1 unspecified atom stereocenters. The van der Waals surface area contributed by atoms with Crippen LogP contribution in [0.25, 0.3) is 0 Å². The number of amidine groups is 1. The van der Waals surface area contributed by atoms with Gasteiger partial charge in [0.05, 0.1) is 13.4 Å². The summed E-state index contributed by atoms with van der Waals surface area (Å²) >= 11 is 0. The summed E-state index contributed by atoms with van der Waals surface area (Å²) in [7, 11) is 2.81. The second-order valence-electron chi connectivity index (χ2n) is 5.94. The fourth-order valence-corrected chi connectivity index (χ4v) is 2.59. The molecule has 0 radical (unpaired) electrons. The first kappa shape index (κ1) is 20.9. The third kappa shape index (κ3) is 4.30. The van der Waals surface area contributed by atoms with Crippen LogP contribution in [-0.4, -0.2) is 60.0 Å². The molecule has 1 aromatic rings. The third-order valence-electron chi connectivity index (χ3n) is 4.19. The number of rotatable bonds is 7. The van der Waals surface area contributed by atoms with Crippen molar-refractivity contribution in [2.24, 2.45) is 0 Å². The molecule has 150 valence electrons. The number of methoxy groups -OCH3 is 1. The van der Waals surface area contributed by atoms with E-state index in [-0.39, 0.29) is 41.7 Å². The van der Waals surface area contributed by atoms with E-state index in [1.807, 2.05) is 0 Å². The maximum Gasteiger partial charge on any atom is 0.268 e. The van der Waals surface area contributed by atoms with Gasteiger partial charge in [0.15, 0.2) is 5.84 Å². The lowest BCUT2D eigenvalue weighted by molar-refractivity contribution is -0.120. The van der Waals surface area contributed by atoms with Crippen LogP contribution in [0.3, 0.4) is 0 Å². The highest BCUT2D eigenvalue weighted by molar-refractivity contribution is 6.21. The molecule has 1 amide bonds. The zero-order valence-corrected chi connectivity index (χ0v) is 15.3. The van der Waals surface area contributed by atoms with Crippen molar-refractivity contribution < 1.29 is 18.3 Å². The number of nitrogens with zero attached hydrogens (tertiary/aromatic N) is 2. The summed E-state index contributed by atoms with van der Waals surface area (Å²) in [6.45, 7) is 0.